The molecule has 0 atom stereocenters. The van der Waals surface area contributed by atoms with Crippen LogP contribution in [0.4, 0.5) is 0 Å². The number of nitrogens with zero attached hydrogens (tertiary/aromatic N) is 2. The smallest absolute Gasteiger partial charge is 0.104 e. The van der Waals surface area contributed by atoms with E-state index in [0.717, 1.165) is 29.2 Å². The fourth-order valence-corrected chi connectivity index (χ4v) is 3.18. The van der Waals surface area contributed by atoms with E-state index in [1.807, 2.05) is 19.9 Å². The van der Waals surface area contributed by atoms with Gasteiger partial charge in [0, 0.05) is 5.69 Å². The minimum Gasteiger partial charge on any atom is -0.282 e. The minimum absolute atomic E-state index is 0.980. The molecule has 2 heterocycles. The highest BCUT2D eigenvalue weighted by atomic mass is 32.1. The van der Waals surface area contributed by atoms with Crippen molar-refractivity contribution in [1.82, 2.24) is 15.2 Å². The first kappa shape index (κ1) is 13.1. The van der Waals surface area contributed by atoms with Gasteiger partial charge in [-0.1, -0.05) is 30.3 Å². The molecule has 4 heteroatoms. The first-order valence-electron chi connectivity index (χ1n) is 6.75. The predicted octanol–water partition coefficient (Wildman–Crippen LogP) is 3.94. The molecule has 0 saturated heterocycles. The summed E-state index contributed by atoms with van der Waals surface area (Å²) in [5.41, 5.74) is 4.60. The lowest BCUT2D eigenvalue weighted by Crippen LogP contribution is -1.90. The summed E-state index contributed by atoms with van der Waals surface area (Å²) in [4.78, 5) is 5.63. The van der Waals surface area contributed by atoms with E-state index in [2.05, 4.69) is 45.5 Å². The predicted molar refractivity (Wildman–Crippen MR) is 83.0 cm³/mol. The number of aryl methyl sites for hydroxylation is 4. The second kappa shape index (κ2) is 5.59. The van der Waals surface area contributed by atoms with Gasteiger partial charge >= 0.3 is 0 Å². The molecule has 1 N–H and O–H groups in total. The van der Waals surface area contributed by atoms with Crippen LogP contribution in [-0.4, -0.2) is 15.2 Å². The number of thiazole rings is 1. The lowest BCUT2D eigenvalue weighted by molar-refractivity contribution is 0.893. The second-order valence-corrected chi connectivity index (χ2v) is 6.11. The molecule has 20 heavy (non-hydrogen) atoms. The highest BCUT2D eigenvalue weighted by molar-refractivity contribution is 7.15. The number of hydrogen-bond donors (Lipinski definition) is 1. The van der Waals surface area contributed by atoms with Gasteiger partial charge in [0.25, 0.3) is 0 Å². The molecule has 0 saturated carbocycles. The standard InChI is InChI=1S/C16H17N3S/c1-11-16(20-12(2)17-11)15-10-14(18-19-15)9-8-13-6-4-3-5-7-13/h3-7,10H,8-9H2,1-2H3,(H,18,19). The van der Waals surface area contributed by atoms with Gasteiger partial charge in [-0.2, -0.15) is 5.10 Å². The van der Waals surface area contributed by atoms with Crippen molar-refractivity contribution in [3.8, 4) is 10.6 Å². The lowest BCUT2D eigenvalue weighted by atomic mass is 10.1. The van der Waals surface area contributed by atoms with Crippen molar-refractivity contribution in [3.05, 3.63) is 58.4 Å². The molecule has 0 aliphatic rings. The molecule has 3 rings (SSSR count). The molecular formula is C16H17N3S. The third-order valence-electron chi connectivity index (χ3n) is 3.29. The quantitative estimate of drug-likeness (QED) is 0.788. The van der Waals surface area contributed by atoms with Crippen LogP contribution in [0.15, 0.2) is 36.4 Å². The van der Waals surface area contributed by atoms with Crippen LogP contribution in [0.25, 0.3) is 10.6 Å². The Bertz CT molecular complexity index is 698. The maximum absolute atomic E-state index is 4.45. The molecule has 0 aliphatic carbocycles. The Kier molecular flexibility index (Phi) is 3.65. The van der Waals surface area contributed by atoms with Crippen LogP contribution in [0, 0.1) is 13.8 Å². The number of rotatable bonds is 4. The van der Waals surface area contributed by atoms with E-state index < -0.39 is 0 Å². The summed E-state index contributed by atoms with van der Waals surface area (Å²) in [6.45, 7) is 4.07. The molecule has 0 fully saturated rings. The molecule has 1 aromatic carbocycles. The van der Waals surface area contributed by atoms with Crippen molar-refractivity contribution < 1.29 is 0 Å². The Morgan fingerprint density at radius 3 is 2.60 bits per heavy atom. The molecule has 3 aromatic rings. The van der Waals surface area contributed by atoms with Gasteiger partial charge in [-0.3, -0.25) is 5.10 Å². The summed E-state index contributed by atoms with van der Waals surface area (Å²) < 4.78 is 0. The van der Waals surface area contributed by atoms with Crippen molar-refractivity contribution in [2.75, 3.05) is 0 Å². The highest BCUT2D eigenvalue weighted by Gasteiger charge is 2.11. The summed E-state index contributed by atoms with van der Waals surface area (Å²) >= 11 is 1.70. The topological polar surface area (TPSA) is 41.6 Å². The average molecular weight is 283 g/mol. The normalized spacial score (nSPS) is 10.9. The third kappa shape index (κ3) is 2.80. The zero-order valence-corrected chi connectivity index (χ0v) is 12.5. The first-order valence-corrected chi connectivity index (χ1v) is 7.56. The number of aromatic nitrogens is 3. The fourth-order valence-electron chi connectivity index (χ4n) is 2.30. The van der Waals surface area contributed by atoms with E-state index >= 15 is 0 Å². The van der Waals surface area contributed by atoms with Crippen molar-refractivity contribution in [3.63, 3.8) is 0 Å². The van der Waals surface area contributed by atoms with Gasteiger partial charge in [0.1, 0.15) is 5.69 Å². The zero-order chi connectivity index (χ0) is 13.9. The molecular weight excluding hydrogens is 266 g/mol. The van der Waals surface area contributed by atoms with E-state index in [0.29, 0.717) is 0 Å². The Hall–Kier alpha value is -1.94. The summed E-state index contributed by atoms with van der Waals surface area (Å²) in [5.74, 6) is 0. The Morgan fingerprint density at radius 2 is 1.90 bits per heavy atom. The van der Waals surface area contributed by atoms with E-state index in [1.54, 1.807) is 11.3 Å². The molecule has 0 aliphatic heterocycles. The van der Waals surface area contributed by atoms with E-state index in [4.69, 9.17) is 0 Å². The Balaban J connectivity index is 1.73. The highest BCUT2D eigenvalue weighted by Crippen LogP contribution is 2.28. The van der Waals surface area contributed by atoms with Crippen molar-refractivity contribution in [2.45, 2.75) is 26.7 Å². The van der Waals surface area contributed by atoms with Crippen LogP contribution in [0.1, 0.15) is 22.0 Å². The van der Waals surface area contributed by atoms with Crippen LogP contribution in [0.3, 0.4) is 0 Å². The SMILES string of the molecule is Cc1nc(C)c(-c2cc(CCc3ccccc3)[nH]n2)s1. The van der Waals surface area contributed by atoms with E-state index in [-0.39, 0.29) is 0 Å². The molecule has 2 aromatic heterocycles. The van der Waals surface area contributed by atoms with E-state index in [9.17, 15) is 0 Å². The summed E-state index contributed by atoms with van der Waals surface area (Å²) in [7, 11) is 0. The maximum atomic E-state index is 4.45. The lowest BCUT2D eigenvalue weighted by Gasteiger charge is -1.98. The molecule has 3 nitrogen and oxygen atoms in total. The Labute approximate surface area is 122 Å². The van der Waals surface area contributed by atoms with Gasteiger partial charge in [0.05, 0.1) is 15.6 Å². The van der Waals surface area contributed by atoms with Gasteiger partial charge in [0.15, 0.2) is 0 Å². The fraction of sp³-hybridized carbons (Fsp3) is 0.250. The molecule has 0 amide bonds. The first-order chi connectivity index (χ1) is 9.72. The molecule has 0 spiro atoms. The van der Waals surface area contributed by atoms with Crippen LogP contribution < -0.4 is 0 Å². The third-order valence-corrected chi connectivity index (χ3v) is 4.39. The van der Waals surface area contributed by atoms with Gasteiger partial charge < -0.3 is 0 Å². The number of hydrogen-bond acceptors (Lipinski definition) is 3. The molecule has 0 unspecified atom stereocenters. The van der Waals surface area contributed by atoms with Gasteiger partial charge in [-0.05, 0) is 38.3 Å². The number of benzene rings is 1. The summed E-state index contributed by atoms with van der Waals surface area (Å²) in [5, 5.41) is 8.65. The number of H-pyrrole nitrogens is 1. The maximum Gasteiger partial charge on any atom is 0.104 e. The summed E-state index contributed by atoms with van der Waals surface area (Å²) in [6, 6.07) is 12.7. The van der Waals surface area contributed by atoms with E-state index in [1.165, 1.54) is 16.1 Å². The van der Waals surface area contributed by atoms with Crippen molar-refractivity contribution in [1.29, 1.82) is 0 Å². The van der Waals surface area contributed by atoms with Crippen LogP contribution in [0.2, 0.25) is 0 Å². The monoisotopic (exact) mass is 283 g/mol. The average Bonchev–Trinajstić information content (AvgIpc) is 3.04. The van der Waals surface area contributed by atoms with Crippen LogP contribution >= 0.6 is 11.3 Å². The van der Waals surface area contributed by atoms with Gasteiger partial charge in [0.2, 0.25) is 0 Å². The van der Waals surface area contributed by atoms with Crippen molar-refractivity contribution in [2.24, 2.45) is 0 Å². The van der Waals surface area contributed by atoms with Gasteiger partial charge in [-0.15, -0.1) is 11.3 Å². The summed E-state index contributed by atoms with van der Waals surface area (Å²) in [6.07, 6.45) is 2.01. The second-order valence-electron chi connectivity index (χ2n) is 4.91. The molecule has 0 radical (unpaired) electrons. The number of nitrogens with one attached hydrogen (secondary N) is 1. The molecule has 0 bridgehead atoms. The largest absolute Gasteiger partial charge is 0.282 e. The van der Waals surface area contributed by atoms with Crippen LogP contribution in [-0.2, 0) is 12.8 Å². The number of aromatic amines is 1. The minimum atomic E-state index is 0.980. The van der Waals surface area contributed by atoms with Gasteiger partial charge in [-0.25, -0.2) is 4.98 Å². The van der Waals surface area contributed by atoms with Crippen molar-refractivity contribution >= 4 is 11.3 Å². The van der Waals surface area contributed by atoms with Crippen LogP contribution in [0.5, 0.6) is 0 Å². The molecule has 102 valence electrons. The zero-order valence-electron chi connectivity index (χ0n) is 11.7. The Morgan fingerprint density at radius 1 is 1.10 bits per heavy atom.